The fourth-order valence-corrected chi connectivity index (χ4v) is 3.76. The van der Waals surface area contributed by atoms with E-state index in [-0.39, 0.29) is 30.6 Å². The van der Waals surface area contributed by atoms with E-state index in [1.54, 1.807) is 30.3 Å². The van der Waals surface area contributed by atoms with Crippen molar-refractivity contribution in [2.75, 3.05) is 26.9 Å². The number of hydrogen-bond donors (Lipinski definition) is 1. The van der Waals surface area contributed by atoms with Gasteiger partial charge in [-0.25, -0.2) is 0 Å². The zero-order chi connectivity index (χ0) is 24.0. The van der Waals surface area contributed by atoms with Crippen LogP contribution in [0.1, 0.15) is 44.4 Å². The Balaban J connectivity index is 2.06. The summed E-state index contributed by atoms with van der Waals surface area (Å²) in [5.41, 5.74) is 1.15. The summed E-state index contributed by atoms with van der Waals surface area (Å²) in [6.07, 6.45) is 0.866. The summed E-state index contributed by atoms with van der Waals surface area (Å²) < 4.78 is 16.6. The lowest BCUT2D eigenvalue weighted by Crippen LogP contribution is -2.32. The monoisotopic (exact) mass is 453 g/mol. The third kappa shape index (κ3) is 5.54. The second-order valence-corrected chi connectivity index (χ2v) is 8.10. The summed E-state index contributed by atoms with van der Waals surface area (Å²) >= 11 is 0. The molecule has 0 aliphatic carbocycles. The fourth-order valence-electron chi connectivity index (χ4n) is 3.76. The van der Waals surface area contributed by atoms with E-state index in [9.17, 15) is 14.7 Å². The van der Waals surface area contributed by atoms with Crippen LogP contribution in [0, 0.1) is 0 Å². The number of rotatable bonds is 10. The van der Waals surface area contributed by atoms with Crippen LogP contribution in [0.5, 0.6) is 11.5 Å². The minimum atomic E-state index is -0.753. The van der Waals surface area contributed by atoms with Crippen LogP contribution in [0.15, 0.2) is 54.1 Å². The number of ether oxygens (including phenoxy) is 3. The van der Waals surface area contributed by atoms with Crippen molar-refractivity contribution in [2.24, 2.45) is 0 Å². The Morgan fingerprint density at radius 3 is 2.42 bits per heavy atom. The third-order valence-corrected chi connectivity index (χ3v) is 5.22. The van der Waals surface area contributed by atoms with Gasteiger partial charge in [0.25, 0.3) is 11.7 Å². The third-order valence-electron chi connectivity index (χ3n) is 5.22. The van der Waals surface area contributed by atoms with Crippen molar-refractivity contribution in [1.82, 2.24) is 4.90 Å². The highest BCUT2D eigenvalue weighted by Gasteiger charge is 2.46. The van der Waals surface area contributed by atoms with Crippen LogP contribution in [0.2, 0.25) is 0 Å². The van der Waals surface area contributed by atoms with E-state index in [2.05, 4.69) is 0 Å². The quantitative estimate of drug-likeness (QED) is 0.327. The lowest BCUT2D eigenvalue weighted by Gasteiger charge is -2.25. The summed E-state index contributed by atoms with van der Waals surface area (Å²) in [5.74, 6) is -0.329. The SMILES string of the molecule is CCCOc1cccc(C2/C(=C(/O)c3ccc(OC(C)C)cc3)C(=O)C(=O)N2CCOC)c1. The number of Topliss-reactive ketones (excluding diaryl/α,β-unsaturated/α-hetero) is 1. The van der Waals surface area contributed by atoms with Crippen LogP contribution in [0.4, 0.5) is 0 Å². The summed E-state index contributed by atoms with van der Waals surface area (Å²) in [5, 5.41) is 11.1. The molecule has 1 heterocycles. The highest BCUT2D eigenvalue weighted by molar-refractivity contribution is 6.46. The van der Waals surface area contributed by atoms with Gasteiger partial charge in [-0.05, 0) is 62.2 Å². The molecule has 0 spiro atoms. The first-order valence-corrected chi connectivity index (χ1v) is 11.1. The average Bonchev–Trinajstić information content (AvgIpc) is 3.06. The molecular weight excluding hydrogens is 422 g/mol. The standard InChI is InChI=1S/C26H31NO6/c1-5-14-32-21-8-6-7-19(16-21)23-22(25(29)26(30)27(23)13-15-31-4)24(28)18-9-11-20(12-10-18)33-17(2)3/h6-12,16-17,23,28H,5,13-15H2,1-4H3/b24-22-. The van der Waals surface area contributed by atoms with Crippen LogP contribution < -0.4 is 9.47 Å². The Bertz CT molecular complexity index is 1010. The predicted octanol–water partition coefficient (Wildman–Crippen LogP) is 4.33. The number of aliphatic hydroxyl groups excluding tert-OH is 1. The van der Waals surface area contributed by atoms with Gasteiger partial charge in [0.05, 0.1) is 30.9 Å². The Hall–Kier alpha value is -3.32. The van der Waals surface area contributed by atoms with E-state index in [1.165, 1.54) is 12.0 Å². The van der Waals surface area contributed by atoms with Crippen LogP contribution >= 0.6 is 0 Å². The number of carbonyl (C=O) groups excluding carboxylic acids is 2. The number of carbonyl (C=O) groups is 2. The molecule has 0 bridgehead atoms. The number of methoxy groups -OCH3 is 1. The lowest BCUT2D eigenvalue weighted by atomic mass is 9.95. The van der Waals surface area contributed by atoms with Gasteiger partial charge in [-0.2, -0.15) is 0 Å². The van der Waals surface area contributed by atoms with E-state index in [0.717, 1.165) is 6.42 Å². The van der Waals surface area contributed by atoms with Crippen molar-refractivity contribution in [3.8, 4) is 11.5 Å². The van der Waals surface area contributed by atoms with Crippen LogP contribution in [0.3, 0.4) is 0 Å². The molecule has 1 aliphatic heterocycles. The summed E-state index contributed by atoms with van der Waals surface area (Å²) in [6, 6.07) is 13.3. The number of ketones is 1. The number of hydrogen-bond acceptors (Lipinski definition) is 6. The van der Waals surface area contributed by atoms with Gasteiger partial charge in [0.15, 0.2) is 0 Å². The highest BCUT2D eigenvalue weighted by atomic mass is 16.5. The first kappa shape index (κ1) is 24.3. The molecule has 0 aromatic heterocycles. The molecule has 1 aliphatic rings. The first-order chi connectivity index (χ1) is 15.9. The topological polar surface area (TPSA) is 85.3 Å². The van der Waals surface area contributed by atoms with Crippen molar-refractivity contribution in [1.29, 1.82) is 0 Å². The fraction of sp³-hybridized carbons (Fsp3) is 0.385. The molecule has 0 radical (unpaired) electrons. The highest BCUT2D eigenvalue weighted by Crippen LogP contribution is 2.40. The predicted molar refractivity (Wildman–Crippen MR) is 125 cm³/mol. The summed E-state index contributed by atoms with van der Waals surface area (Å²) in [7, 11) is 1.53. The number of amides is 1. The Labute approximate surface area is 194 Å². The van der Waals surface area contributed by atoms with Gasteiger partial charge in [0, 0.05) is 19.2 Å². The molecule has 1 amide bonds. The van der Waals surface area contributed by atoms with Crippen molar-refractivity contribution in [2.45, 2.75) is 39.3 Å². The van der Waals surface area contributed by atoms with E-state index in [4.69, 9.17) is 14.2 Å². The van der Waals surface area contributed by atoms with E-state index >= 15 is 0 Å². The van der Waals surface area contributed by atoms with E-state index in [0.29, 0.717) is 29.2 Å². The Morgan fingerprint density at radius 1 is 1.06 bits per heavy atom. The Kier molecular flexibility index (Phi) is 8.11. The minimum Gasteiger partial charge on any atom is -0.507 e. The van der Waals surface area contributed by atoms with Gasteiger partial charge in [-0.15, -0.1) is 0 Å². The van der Waals surface area contributed by atoms with Crippen molar-refractivity contribution in [3.63, 3.8) is 0 Å². The molecule has 0 saturated carbocycles. The second kappa shape index (κ2) is 11.0. The largest absolute Gasteiger partial charge is 0.507 e. The van der Waals surface area contributed by atoms with Gasteiger partial charge in [0.1, 0.15) is 17.3 Å². The smallest absolute Gasteiger partial charge is 0.295 e. The van der Waals surface area contributed by atoms with Crippen molar-refractivity contribution in [3.05, 3.63) is 65.2 Å². The molecule has 33 heavy (non-hydrogen) atoms. The average molecular weight is 454 g/mol. The molecule has 7 nitrogen and oxygen atoms in total. The number of likely N-dealkylation sites (tertiary alicyclic amines) is 1. The van der Waals surface area contributed by atoms with Crippen LogP contribution in [0.25, 0.3) is 5.76 Å². The van der Waals surface area contributed by atoms with E-state index < -0.39 is 17.7 Å². The lowest BCUT2D eigenvalue weighted by molar-refractivity contribution is -0.140. The number of aliphatic hydroxyl groups is 1. The number of nitrogens with zero attached hydrogens (tertiary/aromatic N) is 1. The Morgan fingerprint density at radius 2 is 1.79 bits per heavy atom. The molecule has 1 unspecified atom stereocenters. The molecule has 7 heteroatoms. The number of benzene rings is 2. The normalized spacial score (nSPS) is 17.6. The molecule has 1 saturated heterocycles. The molecule has 1 N–H and O–H groups in total. The van der Waals surface area contributed by atoms with Crippen molar-refractivity contribution >= 4 is 17.4 Å². The van der Waals surface area contributed by atoms with Gasteiger partial charge in [-0.3, -0.25) is 9.59 Å². The molecule has 3 rings (SSSR count). The molecular formula is C26H31NO6. The first-order valence-electron chi connectivity index (χ1n) is 11.1. The van der Waals surface area contributed by atoms with Gasteiger partial charge >= 0.3 is 0 Å². The maximum Gasteiger partial charge on any atom is 0.295 e. The summed E-state index contributed by atoms with van der Waals surface area (Å²) in [6.45, 7) is 6.89. The molecule has 1 atom stereocenters. The summed E-state index contributed by atoms with van der Waals surface area (Å²) in [4.78, 5) is 27.4. The molecule has 176 valence electrons. The van der Waals surface area contributed by atoms with Gasteiger partial charge in [-0.1, -0.05) is 19.1 Å². The van der Waals surface area contributed by atoms with Crippen LogP contribution in [-0.4, -0.2) is 54.7 Å². The van der Waals surface area contributed by atoms with E-state index in [1.807, 2.05) is 39.0 Å². The zero-order valence-electron chi connectivity index (χ0n) is 19.5. The maximum atomic E-state index is 13.0. The second-order valence-electron chi connectivity index (χ2n) is 8.10. The van der Waals surface area contributed by atoms with Gasteiger partial charge < -0.3 is 24.2 Å². The molecule has 1 fully saturated rings. The molecule has 2 aromatic carbocycles. The zero-order valence-corrected chi connectivity index (χ0v) is 19.5. The van der Waals surface area contributed by atoms with Crippen molar-refractivity contribution < 1.29 is 28.9 Å². The minimum absolute atomic E-state index is 0.0118. The van der Waals surface area contributed by atoms with Gasteiger partial charge in [0.2, 0.25) is 0 Å². The van der Waals surface area contributed by atoms with Crippen LogP contribution in [-0.2, 0) is 14.3 Å². The molecule has 2 aromatic rings. The maximum absolute atomic E-state index is 13.0.